The minimum Gasteiger partial charge on any atom is -0.343 e. The van der Waals surface area contributed by atoms with Crippen molar-refractivity contribution >= 4 is 44.4 Å². The molecule has 0 aliphatic heterocycles. The zero-order valence-corrected chi connectivity index (χ0v) is 17.1. The Hall–Kier alpha value is -1.20. The number of likely N-dealkylation sites (N-methyl/N-ethyl adjacent to an activating group) is 1. The van der Waals surface area contributed by atoms with Crippen molar-refractivity contribution in [1.82, 2.24) is 14.5 Å². The lowest BCUT2D eigenvalue weighted by molar-refractivity contribution is -0.129. The fourth-order valence-electron chi connectivity index (χ4n) is 1.99. The summed E-state index contributed by atoms with van der Waals surface area (Å²) in [6.07, 6.45) is 0. The fraction of sp³-hybridized carbons (Fsp3) is 0.467. The summed E-state index contributed by atoms with van der Waals surface area (Å²) in [6, 6.07) is 4.35. The number of benzene rings is 1. The standard InChI is InChI=1S/C15H22IN3O4S/c1-5-19(6-2)14(20)10-17-15(21)12-9-11(7-8-13(12)16)24(22,23)18(3)4/h7-9H,5-6,10H2,1-4H3,(H,17,21). The number of carbonyl (C=O) groups is 2. The normalized spacial score (nSPS) is 11.4. The molecule has 0 bridgehead atoms. The first-order chi connectivity index (χ1) is 11.1. The zero-order chi connectivity index (χ0) is 18.5. The van der Waals surface area contributed by atoms with Crippen LogP contribution in [-0.4, -0.2) is 63.2 Å². The number of amides is 2. The van der Waals surface area contributed by atoms with E-state index < -0.39 is 15.9 Å². The summed E-state index contributed by atoms with van der Waals surface area (Å²) in [4.78, 5) is 25.9. The van der Waals surface area contributed by atoms with E-state index in [-0.39, 0.29) is 22.9 Å². The first-order valence-electron chi connectivity index (χ1n) is 7.43. The zero-order valence-electron chi connectivity index (χ0n) is 14.2. The predicted octanol–water partition coefficient (Wildman–Crippen LogP) is 1.14. The molecule has 0 unspecified atom stereocenters. The van der Waals surface area contributed by atoms with Crippen molar-refractivity contribution in [3.63, 3.8) is 0 Å². The van der Waals surface area contributed by atoms with Crippen LogP contribution in [0.15, 0.2) is 23.1 Å². The van der Waals surface area contributed by atoms with Crippen molar-refractivity contribution in [1.29, 1.82) is 0 Å². The van der Waals surface area contributed by atoms with Crippen LogP contribution in [0.25, 0.3) is 0 Å². The van der Waals surface area contributed by atoms with Crippen LogP contribution >= 0.6 is 22.6 Å². The molecule has 2 amide bonds. The van der Waals surface area contributed by atoms with Gasteiger partial charge >= 0.3 is 0 Å². The number of halogens is 1. The van der Waals surface area contributed by atoms with E-state index in [2.05, 4.69) is 5.32 Å². The first-order valence-corrected chi connectivity index (χ1v) is 9.95. The molecule has 0 saturated heterocycles. The highest BCUT2D eigenvalue weighted by Gasteiger charge is 2.21. The molecule has 0 atom stereocenters. The third-order valence-corrected chi connectivity index (χ3v) is 6.23. The van der Waals surface area contributed by atoms with Gasteiger partial charge < -0.3 is 10.2 Å². The Labute approximate surface area is 156 Å². The second-order valence-electron chi connectivity index (χ2n) is 5.18. The maximum atomic E-state index is 12.3. The quantitative estimate of drug-likeness (QED) is 0.610. The van der Waals surface area contributed by atoms with Crippen LogP contribution < -0.4 is 5.32 Å². The number of nitrogens with zero attached hydrogens (tertiary/aromatic N) is 2. The van der Waals surface area contributed by atoms with E-state index in [0.717, 1.165) is 4.31 Å². The lowest BCUT2D eigenvalue weighted by Crippen LogP contribution is -2.40. The Bertz CT molecular complexity index is 715. The van der Waals surface area contributed by atoms with E-state index in [1.807, 2.05) is 36.4 Å². The van der Waals surface area contributed by atoms with E-state index in [1.54, 1.807) is 11.0 Å². The number of nitrogens with one attached hydrogen (secondary N) is 1. The van der Waals surface area contributed by atoms with E-state index in [1.165, 1.54) is 26.2 Å². The molecule has 0 aliphatic carbocycles. The molecule has 0 heterocycles. The van der Waals surface area contributed by atoms with Gasteiger partial charge in [-0.15, -0.1) is 0 Å². The summed E-state index contributed by atoms with van der Waals surface area (Å²) in [5, 5.41) is 2.55. The molecule has 24 heavy (non-hydrogen) atoms. The molecule has 0 aromatic heterocycles. The number of hydrogen-bond acceptors (Lipinski definition) is 4. The highest BCUT2D eigenvalue weighted by molar-refractivity contribution is 14.1. The number of carbonyl (C=O) groups excluding carboxylic acids is 2. The maximum absolute atomic E-state index is 12.3. The van der Waals surface area contributed by atoms with Gasteiger partial charge in [0.1, 0.15) is 0 Å². The molecular formula is C15H22IN3O4S. The summed E-state index contributed by atoms with van der Waals surface area (Å²) in [7, 11) is -0.775. The van der Waals surface area contributed by atoms with Gasteiger partial charge in [0, 0.05) is 30.8 Å². The van der Waals surface area contributed by atoms with Crippen molar-refractivity contribution in [2.45, 2.75) is 18.7 Å². The molecule has 0 aliphatic rings. The number of hydrogen-bond donors (Lipinski definition) is 1. The molecule has 1 aromatic rings. The van der Waals surface area contributed by atoms with Gasteiger partial charge in [-0.25, -0.2) is 12.7 Å². The Kier molecular flexibility index (Phi) is 7.61. The van der Waals surface area contributed by atoms with Gasteiger partial charge in [0.2, 0.25) is 15.9 Å². The van der Waals surface area contributed by atoms with Crippen molar-refractivity contribution in [3.8, 4) is 0 Å². The van der Waals surface area contributed by atoms with Crippen LogP contribution in [0.2, 0.25) is 0 Å². The van der Waals surface area contributed by atoms with Crippen LogP contribution in [0.3, 0.4) is 0 Å². The smallest absolute Gasteiger partial charge is 0.252 e. The molecule has 9 heteroatoms. The number of rotatable bonds is 7. The van der Waals surface area contributed by atoms with Crippen LogP contribution in [0.4, 0.5) is 0 Å². The van der Waals surface area contributed by atoms with Gasteiger partial charge in [-0.05, 0) is 54.6 Å². The van der Waals surface area contributed by atoms with Crippen LogP contribution in [-0.2, 0) is 14.8 Å². The van der Waals surface area contributed by atoms with E-state index >= 15 is 0 Å². The largest absolute Gasteiger partial charge is 0.343 e. The molecule has 0 saturated carbocycles. The molecule has 0 spiro atoms. The topological polar surface area (TPSA) is 86.8 Å². The van der Waals surface area contributed by atoms with Gasteiger partial charge in [-0.2, -0.15) is 0 Å². The van der Waals surface area contributed by atoms with Gasteiger partial charge in [-0.3, -0.25) is 9.59 Å². The average molecular weight is 467 g/mol. The summed E-state index contributed by atoms with van der Waals surface area (Å²) in [6.45, 7) is 4.74. The fourth-order valence-corrected chi connectivity index (χ4v) is 3.50. The predicted molar refractivity (Wildman–Crippen MR) is 100 cm³/mol. The highest BCUT2D eigenvalue weighted by atomic mass is 127. The summed E-state index contributed by atoms with van der Waals surface area (Å²) < 4.78 is 26.1. The van der Waals surface area contributed by atoms with Crippen LogP contribution in [0.1, 0.15) is 24.2 Å². The van der Waals surface area contributed by atoms with Crippen LogP contribution in [0.5, 0.6) is 0 Å². The highest BCUT2D eigenvalue weighted by Crippen LogP contribution is 2.19. The first kappa shape index (κ1) is 20.8. The monoisotopic (exact) mass is 467 g/mol. The number of sulfonamides is 1. The van der Waals surface area contributed by atoms with E-state index in [4.69, 9.17) is 0 Å². The lowest BCUT2D eigenvalue weighted by Gasteiger charge is -2.19. The lowest BCUT2D eigenvalue weighted by atomic mass is 10.2. The summed E-state index contributed by atoms with van der Waals surface area (Å²) >= 11 is 1.96. The molecule has 134 valence electrons. The van der Waals surface area contributed by atoms with Crippen molar-refractivity contribution in [2.24, 2.45) is 0 Å². The Balaban J connectivity index is 2.98. The maximum Gasteiger partial charge on any atom is 0.252 e. The van der Waals surface area contributed by atoms with E-state index in [0.29, 0.717) is 16.7 Å². The summed E-state index contributed by atoms with van der Waals surface area (Å²) in [5.41, 5.74) is 0.228. The Morgan fingerprint density at radius 2 is 1.75 bits per heavy atom. The van der Waals surface area contributed by atoms with Gasteiger partial charge in [0.15, 0.2) is 0 Å². The van der Waals surface area contributed by atoms with Gasteiger partial charge in [-0.1, -0.05) is 0 Å². The molecule has 7 nitrogen and oxygen atoms in total. The van der Waals surface area contributed by atoms with Crippen molar-refractivity contribution < 1.29 is 18.0 Å². The molecular weight excluding hydrogens is 445 g/mol. The Morgan fingerprint density at radius 3 is 2.25 bits per heavy atom. The second-order valence-corrected chi connectivity index (χ2v) is 8.49. The Morgan fingerprint density at radius 1 is 1.17 bits per heavy atom. The minimum atomic E-state index is -3.63. The molecule has 1 rings (SSSR count). The molecule has 0 fully saturated rings. The van der Waals surface area contributed by atoms with Gasteiger partial charge in [0.05, 0.1) is 17.0 Å². The van der Waals surface area contributed by atoms with Crippen molar-refractivity contribution in [3.05, 3.63) is 27.3 Å². The minimum absolute atomic E-state index is 0.0353. The van der Waals surface area contributed by atoms with Gasteiger partial charge in [0.25, 0.3) is 5.91 Å². The third kappa shape index (κ3) is 4.90. The average Bonchev–Trinajstić information content (AvgIpc) is 2.53. The second kappa shape index (κ2) is 8.77. The van der Waals surface area contributed by atoms with Crippen molar-refractivity contribution in [2.75, 3.05) is 33.7 Å². The van der Waals surface area contributed by atoms with Crippen LogP contribution in [0, 0.1) is 3.57 Å². The molecule has 1 aromatic carbocycles. The molecule has 1 N–H and O–H groups in total. The molecule has 0 radical (unpaired) electrons. The third-order valence-electron chi connectivity index (χ3n) is 3.48. The summed E-state index contributed by atoms with van der Waals surface area (Å²) in [5.74, 6) is -0.656. The van der Waals surface area contributed by atoms with E-state index in [9.17, 15) is 18.0 Å². The SMILES string of the molecule is CCN(CC)C(=O)CNC(=O)c1cc(S(=O)(=O)N(C)C)ccc1I.